The molecule has 2 rings (SSSR count). The van der Waals surface area contributed by atoms with Gasteiger partial charge in [0.25, 0.3) is 0 Å². The number of carbonyl (C=O) groups is 1. The Balaban J connectivity index is 1.75. The fourth-order valence-corrected chi connectivity index (χ4v) is 2.55. The number of carbonyl (C=O) groups excluding carboxylic acids is 1. The van der Waals surface area contributed by atoms with Crippen molar-refractivity contribution in [2.75, 3.05) is 6.54 Å². The number of hydrogen-bond donors (Lipinski definition) is 1. The quantitative estimate of drug-likeness (QED) is 0.436. The van der Waals surface area contributed by atoms with E-state index in [9.17, 15) is 14.9 Å². The molecule has 0 aromatic carbocycles. The minimum atomic E-state index is -0.514. The third kappa shape index (κ3) is 4.79. The molecule has 0 saturated carbocycles. The summed E-state index contributed by atoms with van der Waals surface area (Å²) < 4.78 is 3.23. The number of nitrogens with one attached hydrogen (secondary N) is 1. The molecule has 1 atom stereocenters. The molecule has 0 spiro atoms. The number of nitrogens with zero attached hydrogens (tertiary/aromatic N) is 5. The Hall–Kier alpha value is -2.42. The van der Waals surface area contributed by atoms with Gasteiger partial charge in [-0.1, -0.05) is 18.5 Å². The van der Waals surface area contributed by atoms with E-state index in [1.807, 2.05) is 18.5 Å². The second-order valence-electron chi connectivity index (χ2n) is 5.93. The lowest BCUT2D eigenvalue weighted by atomic mass is 10.1. The van der Waals surface area contributed by atoms with Crippen molar-refractivity contribution < 1.29 is 9.72 Å². The van der Waals surface area contributed by atoms with E-state index in [1.54, 1.807) is 6.92 Å². The van der Waals surface area contributed by atoms with Gasteiger partial charge in [-0.2, -0.15) is 10.2 Å². The average Bonchev–Trinajstić information content (AvgIpc) is 3.12. The summed E-state index contributed by atoms with van der Waals surface area (Å²) in [6.07, 6.45) is 3.21. The van der Waals surface area contributed by atoms with Crippen LogP contribution < -0.4 is 5.32 Å². The van der Waals surface area contributed by atoms with E-state index in [1.165, 1.54) is 17.1 Å². The van der Waals surface area contributed by atoms with Crippen molar-refractivity contribution in [2.45, 2.75) is 40.3 Å². The first-order valence-corrected chi connectivity index (χ1v) is 8.31. The molecule has 25 heavy (non-hydrogen) atoms. The minimum absolute atomic E-state index is 0.0869. The van der Waals surface area contributed by atoms with Gasteiger partial charge in [0.1, 0.15) is 12.4 Å². The Kier molecular flexibility index (Phi) is 6.13. The molecule has 1 amide bonds. The summed E-state index contributed by atoms with van der Waals surface area (Å²) in [7, 11) is 0. The lowest BCUT2D eigenvalue weighted by molar-refractivity contribution is -0.385. The Bertz CT molecular complexity index is 769. The van der Waals surface area contributed by atoms with Gasteiger partial charge in [-0.05, 0) is 20.3 Å². The minimum Gasteiger partial charge on any atom is -0.356 e. The van der Waals surface area contributed by atoms with Crippen molar-refractivity contribution in [2.24, 2.45) is 5.92 Å². The molecule has 1 unspecified atom stereocenters. The molecule has 0 radical (unpaired) electrons. The number of aromatic nitrogens is 4. The van der Waals surface area contributed by atoms with E-state index < -0.39 is 4.92 Å². The lowest BCUT2D eigenvalue weighted by Crippen LogP contribution is -2.32. The smallest absolute Gasteiger partial charge is 0.306 e. The Morgan fingerprint density at radius 1 is 1.48 bits per heavy atom. The van der Waals surface area contributed by atoms with Crippen LogP contribution in [0.2, 0.25) is 5.02 Å². The Morgan fingerprint density at radius 3 is 2.76 bits per heavy atom. The first-order valence-electron chi connectivity index (χ1n) is 7.93. The fraction of sp³-hybridized carbons (Fsp3) is 0.533. The number of hydrogen-bond acceptors (Lipinski definition) is 5. The lowest BCUT2D eigenvalue weighted by Gasteiger charge is -2.12. The maximum Gasteiger partial charge on any atom is 0.306 e. The highest BCUT2D eigenvalue weighted by Gasteiger charge is 2.16. The predicted octanol–water partition coefficient (Wildman–Crippen LogP) is 2.10. The van der Waals surface area contributed by atoms with Crippen LogP contribution in [0, 0.1) is 29.9 Å². The highest BCUT2D eigenvalue weighted by molar-refractivity contribution is 6.31. The van der Waals surface area contributed by atoms with Crippen LogP contribution in [-0.4, -0.2) is 36.9 Å². The van der Waals surface area contributed by atoms with Crippen molar-refractivity contribution >= 4 is 23.2 Å². The highest BCUT2D eigenvalue weighted by Crippen LogP contribution is 2.18. The first kappa shape index (κ1) is 18.9. The molecule has 136 valence electrons. The molecule has 10 heteroatoms. The molecule has 2 heterocycles. The molecule has 9 nitrogen and oxygen atoms in total. The highest BCUT2D eigenvalue weighted by atomic mass is 35.5. The summed E-state index contributed by atoms with van der Waals surface area (Å²) in [6, 6.07) is 0. The predicted molar refractivity (Wildman–Crippen MR) is 92.4 cm³/mol. The van der Waals surface area contributed by atoms with Crippen molar-refractivity contribution in [3.05, 3.63) is 38.9 Å². The van der Waals surface area contributed by atoms with E-state index in [0.29, 0.717) is 18.1 Å². The van der Waals surface area contributed by atoms with E-state index in [4.69, 9.17) is 11.6 Å². The molecular weight excluding hydrogens is 348 g/mol. The van der Waals surface area contributed by atoms with E-state index >= 15 is 0 Å². The van der Waals surface area contributed by atoms with Crippen molar-refractivity contribution in [3.8, 4) is 0 Å². The van der Waals surface area contributed by atoms with Gasteiger partial charge in [-0.3, -0.25) is 24.3 Å². The molecule has 0 bridgehead atoms. The van der Waals surface area contributed by atoms with Crippen LogP contribution in [0.3, 0.4) is 0 Å². The van der Waals surface area contributed by atoms with Crippen LogP contribution in [0.25, 0.3) is 0 Å². The van der Waals surface area contributed by atoms with Crippen molar-refractivity contribution in [1.82, 2.24) is 24.9 Å². The molecule has 2 aromatic rings. The fourth-order valence-electron chi connectivity index (χ4n) is 2.42. The summed E-state index contributed by atoms with van der Waals surface area (Å²) in [5, 5.41) is 22.4. The van der Waals surface area contributed by atoms with Crippen LogP contribution in [0.15, 0.2) is 12.4 Å². The Labute approximate surface area is 150 Å². The van der Waals surface area contributed by atoms with Gasteiger partial charge < -0.3 is 5.32 Å². The topological polar surface area (TPSA) is 108 Å². The molecule has 1 N–H and O–H groups in total. The largest absolute Gasteiger partial charge is 0.356 e. The van der Waals surface area contributed by atoms with Gasteiger partial charge in [-0.25, -0.2) is 0 Å². The van der Waals surface area contributed by atoms with Gasteiger partial charge in [0.2, 0.25) is 5.91 Å². The number of nitro groups is 1. The number of aryl methyl sites for hydroxylation is 2. The van der Waals surface area contributed by atoms with Gasteiger partial charge in [0.15, 0.2) is 0 Å². The summed E-state index contributed by atoms with van der Waals surface area (Å²) >= 11 is 6.10. The first-order chi connectivity index (χ1) is 11.8. The summed E-state index contributed by atoms with van der Waals surface area (Å²) in [6.45, 7) is 6.98. The van der Waals surface area contributed by atoms with Crippen LogP contribution in [0.4, 0.5) is 5.69 Å². The van der Waals surface area contributed by atoms with Crippen LogP contribution in [-0.2, 0) is 17.9 Å². The molecule has 0 aliphatic carbocycles. The maximum absolute atomic E-state index is 12.1. The SMILES string of the molecule is Cc1nn(CCCNC(=O)C(C)Cn2cc([N+](=O)[O-])cn2)c(C)c1Cl. The van der Waals surface area contributed by atoms with Gasteiger partial charge in [0, 0.05) is 13.1 Å². The number of amides is 1. The monoisotopic (exact) mass is 368 g/mol. The number of halogens is 1. The standard InChI is InChI=1S/C15H21ClN6O3/c1-10(8-20-9-13(7-18-20)22(24)25)15(23)17-5-4-6-21-12(3)14(16)11(2)19-21/h7,9-10H,4-6,8H2,1-3H3,(H,17,23). The second kappa shape index (κ2) is 8.11. The van der Waals surface area contributed by atoms with Gasteiger partial charge in [0.05, 0.1) is 33.8 Å². The maximum atomic E-state index is 12.1. The molecule has 0 saturated heterocycles. The molecular formula is C15H21ClN6O3. The third-order valence-electron chi connectivity index (χ3n) is 3.88. The third-order valence-corrected chi connectivity index (χ3v) is 4.43. The van der Waals surface area contributed by atoms with Gasteiger partial charge in [-0.15, -0.1) is 0 Å². The zero-order chi connectivity index (χ0) is 18.6. The summed E-state index contributed by atoms with van der Waals surface area (Å²) in [5.74, 6) is -0.466. The number of rotatable bonds is 8. The van der Waals surface area contributed by atoms with Crippen molar-refractivity contribution in [3.63, 3.8) is 0 Å². The van der Waals surface area contributed by atoms with Crippen LogP contribution in [0.1, 0.15) is 24.7 Å². The van der Waals surface area contributed by atoms with E-state index in [-0.39, 0.29) is 24.1 Å². The second-order valence-corrected chi connectivity index (χ2v) is 6.31. The van der Waals surface area contributed by atoms with E-state index in [0.717, 1.165) is 17.8 Å². The van der Waals surface area contributed by atoms with E-state index in [2.05, 4.69) is 15.5 Å². The zero-order valence-corrected chi connectivity index (χ0v) is 15.2. The van der Waals surface area contributed by atoms with Crippen molar-refractivity contribution in [1.29, 1.82) is 0 Å². The molecule has 0 fully saturated rings. The molecule has 0 aliphatic heterocycles. The summed E-state index contributed by atoms with van der Waals surface area (Å²) in [4.78, 5) is 22.2. The average molecular weight is 369 g/mol. The molecule has 2 aromatic heterocycles. The Morgan fingerprint density at radius 2 is 2.20 bits per heavy atom. The zero-order valence-electron chi connectivity index (χ0n) is 14.4. The molecule has 0 aliphatic rings. The van der Waals surface area contributed by atoms with Gasteiger partial charge >= 0.3 is 5.69 Å². The normalized spacial score (nSPS) is 12.2. The summed E-state index contributed by atoms with van der Waals surface area (Å²) in [5.41, 5.74) is 1.63. The van der Waals surface area contributed by atoms with Crippen LogP contribution >= 0.6 is 11.6 Å². The van der Waals surface area contributed by atoms with Crippen LogP contribution in [0.5, 0.6) is 0 Å².